The number of nitrogens with one attached hydrogen (secondary N) is 2. The summed E-state index contributed by atoms with van der Waals surface area (Å²) in [7, 11) is 0. The summed E-state index contributed by atoms with van der Waals surface area (Å²) < 4.78 is 0. The van der Waals surface area contributed by atoms with Gasteiger partial charge >= 0.3 is 0 Å². The average Bonchev–Trinajstić information content (AvgIpc) is 2.67. The summed E-state index contributed by atoms with van der Waals surface area (Å²) in [5.41, 5.74) is 0.467. The van der Waals surface area contributed by atoms with Crippen molar-refractivity contribution < 1.29 is 4.79 Å². The Hall–Kier alpha value is -0.280. The fourth-order valence-corrected chi connectivity index (χ4v) is 2.19. The number of amides is 1. The normalized spacial score (nSPS) is 28.6. The highest BCUT2D eigenvalue weighted by molar-refractivity contribution is 5.85. The molecule has 0 aromatic rings. The van der Waals surface area contributed by atoms with E-state index in [1.165, 1.54) is 6.42 Å². The highest BCUT2D eigenvalue weighted by Gasteiger charge is 2.45. The first-order chi connectivity index (χ1) is 7.00. The first kappa shape index (κ1) is 13.8. The van der Waals surface area contributed by atoms with Crippen LogP contribution in [0.4, 0.5) is 0 Å². The van der Waals surface area contributed by atoms with Gasteiger partial charge in [-0.15, -0.1) is 12.4 Å². The van der Waals surface area contributed by atoms with Gasteiger partial charge in [0, 0.05) is 12.5 Å². The molecule has 0 aromatic carbocycles. The van der Waals surface area contributed by atoms with E-state index in [1.54, 1.807) is 0 Å². The van der Waals surface area contributed by atoms with Crippen LogP contribution >= 0.6 is 12.4 Å². The SMILES string of the molecule is CC(C(=O)NCC1CC1(C)C)C1CNC1.Cl. The van der Waals surface area contributed by atoms with Crippen molar-refractivity contribution in [1.82, 2.24) is 10.6 Å². The van der Waals surface area contributed by atoms with Gasteiger partial charge in [-0.2, -0.15) is 0 Å². The zero-order valence-electron chi connectivity index (χ0n) is 10.4. The summed E-state index contributed by atoms with van der Waals surface area (Å²) in [5.74, 6) is 1.67. The molecule has 2 aliphatic rings. The first-order valence-corrected chi connectivity index (χ1v) is 5.99. The Kier molecular flexibility index (Phi) is 4.24. The van der Waals surface area contributed by atoms with Crippen molar-refractivity contribution in [3.8, 4) is 0 Å². The van der Waals surface area contributed by atoms with Gasteiger partial charge in [-0.1, -0.05) is 20.8 Å². The molecule has 1 saturated heterocycles. The predicted octanol–water partition coefficient (Wildman–Crippen LogP) is 1.43. The highest BCUT2D eigenvalue weighted by atomic mass is 35.5. The molecule has 0 aromatic heterocycles. The molecule has 0 radical (unpaired) electrons. The third-order valence-electron chi connectivity index (χ3n) is 4.17. The van der Waals surface area contributed by atoms with Gasteiger partial charge in [-0.05, 0) is 36.8 Å². The Morgan fingerprint density at radius 1 is 1.50 bits per heavy atom. The predicted molar refractivity (Wildman–Crippen MR) is 67.7 cm³/mol. The zero-order chi connectivity index (χ0) is 11.1. The van der Waals surface area contributed by atoms with E-state index < -0.39 is 0 Å². The second-order valence-electron chi connectivity index (χ2n) is 5.84. The quantitative estimate of drug-likeness (QED) is 0.788. The fraction of sp³-hybridized carbons (Fsp3) is 0.917. The third kappa shape index (κ3) is 2.89. The lowest BCUT2D eigenvalue weighted by atomic mass is 9.88. The number of hydrogen-bond acceptors (Lipinski definition) is 2. The Bertz CT molecular complexity index is 264. The summed E-state index contributed by atoms with van der Waals surface area (Å²) in [6.07, 6.45) is 1.26. The van der Waals surface area contributed by atoms with Gasteiger partial charge < -0.3 is 10.6 Å². The van der Waals surface area contributed by atoms with Crippen LogP contribution in [0.25, 0.3) is 0 Å². The average molecular weight is 247 g/mol. The topological polar surface area (TPSA) is 41.1 Å². The number of carbonyl (C=O) groups excluding carboxylic acids is 1. The lowest BCUT2D eigenvalue weighted by molar-refractivity contribution is -0.126. The Labute approximate surface area is 104 Å². The van der Waals surface area contributed by atoms with Crippen LogP contribution in [0.2, 0.25) is 0 Å². The molecule has 94 valence electrons. The molecular weight excluding hydrogens is 224 g/mol. The van der Waals surface area contributed by atoms with E-state index in [2.05, 4.69) is 24.5 Å². The second-order valence-corrected chi connectivity index (χ2v) is 5.84. The van der Waals surface area contributed by atoms with Crippen LogP contribution in [-0.4, -0.2) is 25.5 Å². The van der Waals surface area contributed by atoms with Crippen LogP contribution in [0.15, 0.2) is 0 Å². The molecule has 4 heteroatoms. The molecule has 2 atom stereocenters. The summed E-state index contributed by atoms with van der Waals surface area (Å²) in [6.45, 7) is 9.45. The standard InChI is InChI=1S/C12H22N2O.ClH/c1-8(9-5-13-6-9)11(15)14-7-10-4-12(10,2)3;/h8-10,13H,4-7H2,1-3H3,(H,14,15);1H. The van der Waals surface area contributed by atoms with E-state index in [0.29, 0.717) is 17.3 Å². The maximum Gasteiger partial charge on any atom is 0.223 e. The van der Waals surface area contributed by atoms with Crippen molar-refractivity contribution in [1.29, 1.82) is 0 Å². The zero-order valence-corrected chi connectivity index (χ0v) is 11.2. The van der Waals surface area contributed by atoms with Crippen molar-refractivity contribution in [2.75, 3.05) is 19.6 Å². The van der Waals surface area contributed by atoms with Gasteiger partial charge in [0.05, 0.1) is 0 Å². The van der Waals surface area contributed by atoms with E-state index in [1.807, 2.05) is 6.92 Å². The molecule has 2 fully saturated rings. The van der Waals surface area contributed by atoms with Gasteiger partial charge in [0.25, 0.3) is 0 Å². The van der Waals surface area contributed by atoms with Crippen molar-refractivity contribution in [2.24, 2.45) is 23.2 Å². The van der Waals surface area contributed by atoms with Gasteiger partial charge in [0.2, 0.25) is 5.91 Å². The Morgan fingerprint density at radius 2 is 2.06 bits per heavy atom. The number of halogens is 1. The molecule has 1 aliphatic carbocycles. The van der Waals surface area contributed by atoms with E-state index in [4.69, 9.17) is 0 Å². The van der Waals surface area contributed by atoms with Crippen LogP contribution < -0.4 is 10.6 Å². The minimum absolute atomic E-state index is 0. The van der Waals surface area contributed by atoms with Crippen LogP contribution in [0, 0.1) is 23.2 Å². The van der Waals surface area contributed by atoms with Gasteiger partial charge in [-0.25, -0.2) is 0 Å². The molecule has 1 heterocycles. The lowest BCUT2D eigenvalue weighted by Crippen LogP contribution is -2.49. The van der Waals surface area contributed by atoms with E-state index >= 15 is 0 Å². The van der Waals surface area contributed by atoms with Crippen LogP contribution in [0.5, 0.6) is 0 Å². The minimum atomic E-state index is 0. The molecule has 2 unspecified atom stereocenters. The molecule has 1 saturated carbocycles. The fourth-order valence-electron chi connectivity index (χ4n) is 2.19. The van der Waals surface area contributed by atoms with Crippen molar-refractivity contribution in [3.63, 3.8) is 0 Å². The third-order valence-corrected chi connectivity index (χ3v) is 4.17. The number of hydrogen-bond donors (Lipinski definition) is 2. The van der Waals surface area contributed by atoms with Crippen LogP contribution in [0.1, 0.15) is 27.2 Å². The summed E-state index contributed by atoms with van der Waals surface area (Å²) in [6, 6.07) is 0. The van der Waals surface area contributed by atoms with Crippen LogP contribution in [0.3, 0.4) is 0 Å². The highest BCUT2D eigenvalue weighted by Crippen LogP contribution is 2.50. The smallest absolute Gasteiger partial charge is 0.223 e. The van der Waals surface area contributed by atoms with Gasteiger partial charge in [0.15, 0.2) is 0 Å². The molecule has 2 N–H and O–H groups in total. The second kappa shape index (κ2) is 4.92. The van der Waals surface area contributed by atoms with E-state index in [9.17, 15) is 4.79 Å². The van der Waals surface area contributed by atoms with Crippen molar-refractivity contribution in [3.05, 3.63) is 0 Å². The van der Waals surface area contributed by atoms with Crippen molar-refractivity contribution in [2.45, 2.75) is 27.2 Å². The maximum absolute atomic E-state index is 11.8. The Morgan fingerprint density at radius 3 is 2.44 bits per heavy atom. The summed E-state index contributed by atoms with van der Waals surface area (Å²) >= 11 is 0. The summed E-state index contributed by atoms with van der Waals surface area (Å²) in [4.78, 5) is 11.8. The molecule has 2 rings (SSSR count). The maximum atomic E-state index is 11.8. The number of carbonyl (C=O) groups is 1. The summed E-state index contributed by atoms with van der Waals surface area (Å²) in [5, 5.41) is 6.29. The van der Waals surface area contributed by atoms with Gasteiger partial charge in [-0.3, -0.25) is 4.79 Å². The van der Waals surface area contributed by atoms with E-state index in [-0.39, 0.29) is 24.2 Å². The van der Waals surface area contributed by atoms with Gasteiger partial charge in [0.1, 0.15) is 0 Å². The van der Waals surface area contributed by atoms with E-state index in [0.717, 1.165) is 19.6 Å². The molecule has 0 bridgehead atoms. The number of rotatable bonds is 4. The lowest BCUT2D eigenvalue weighted by Gasteiger charge is -2.31. The molecule has 1 aliphatic heterocycles. The molecule has 1 amide bonds. The molecule has 16 heavy (non-hydrogen) atoms. The molecule has 3 nitrogen and oxygen atoms in total. The monoisotopic (exact) mass is 246 g/mol. The Balaban J connectivity index is 0.00000128. The van der Waals surface area contributed by atoms with Crippen LogP contribution in [-0.2, 0) is 4.79 Å². The van der Waals surface area contributed by atoms with Crippen molar-refractivity contribution >= 4 is 18.3 Å². The first-order valence-electron chi connectivity index (χ1n) is 5.99. The largest absolute Gasteiger partial charge is 0.356 e. The molecular formula is C12H23ClN2O. The molecule has 0 spiro atoms. The minimum Gasteiger partial charge on any atom is -0.356 e.